The summed E-state index contributed by atoms with van der Waals surface area (Å²) in [5.74, 6) is 0. The Bertz CT molecular complexity index is 844. The van der Waals surface area contributed by atoms with Crippen LogP contribution in [-0.2, 0) is 6.42 Å². The molecule has 0 nitrogen and oxygen atoms in total. The van der Waals surface area contributed by atoms with Crippen LogP contribution in [0.5, 0.6) is 0 Å². The molecule has 0 saturated heterocycles. The van der Waals surface area contributed by atoms with Gasteiger partial charge in [-0.3, -0.25) is 0 Å². The normalized spacial score (nSPS) is 16.5. The molecule has 0 amide bonds. The minimum absolute atomic E-state index is 0.693. The predicted molar refractivity (Wildman–Crippen MR) is 111 cm³/mol. The monoisotopic (exact) mass is 346 g/mol. The maximum atomic E-state index is 2.62. The standard InChI is InChI=1S/C22H26Si2/c1-23(2,18-11-6-7-12-18)24(3,4)22-15-9-14-20-19-13-8-5-10-17(19)16-21(20)22/h5-15,18H,16H2,1-4H3. The zero-order valence-electron chi connectivity index (χ0n) is 15.1. The lowest BCUT2D eigenvalue weighted by molar-refractivity contribution is 1.27. The fourth-order valence-corrected chi connectivity index (χ4v) is 14.5. The third-order valence-corrected chi connectivity index (χ3v) is 25.3. The number of benzene rings is 2. The van der Waals surface area contributed by atoms with Gasteiger partial charge in [0.2, 0.25) is 0 Å². The molecular weight excluding hydrogens is 320 g/mol. The quantitative estimate of drug-likeness (QED) is 0.553. The van der Waals surface area contributed by atoms with E-state index in [2.05, 4.69) is 93.0 Å². The lowest BCUT2D eigenvalue weighted by Gasteiger charge is -2.43. The van der Waals surface area contributed by atoms with Gasteiger partial charge in [0.25, 0.3) is 0 Å². The Labute approximate surface area is 147 Å². The van der Waals surface area contributed by atoms with Crippen molar-refractivity contribution in [3.63, 3.8) is 0 Å². The fraction of sp³-hybridized carbons (Fsp3) is 0.273. The molecule has 0 unspecified atom stereocenters. The number of allylic oxidation sites excluding steroid dienone is 4. The van der Waals surface area contributed by atoms with Gasteiger partial charge in [-0.15, -0.1) is 0 Å². The second kappa shape index (κ2) is 5.43. The van der Waals surface area contributed by atoms with Gasteiger partial charge in [0, 0.05) is 0 Å². The van der Waals surface area contributed by atoms with Gasteiger partial charge in [-0.2, -0.15) is 0 Å². The van der Waals surface area contributed by atoms with Crippen LogP contribution < -0.4 is 5.19 Å². The van der Waals surface area contributed by atoms with Crippen molar-refractivity contribution in [3.05, 3.63) is 77.9 Å². The molecule has 0 aliphatic heterocycles. The SMILES string of the molecule is C[Si](C)(c1cccc2c1Cc1ccccc1-2)[Si](C)(C)C1C=CC=C1. The first-order valence-electron chi connectivity index (χ1n) is 8.98. The van der Waals surface area contributed by atoms with Crippen LogP contribution in [0.3, 0.4) is 0 Å². The Balaban J connectivity index is 1.84. The summed E-state index contributed by atoms with van der Waals surface area (Å²) in [7, 11) is -2.95. The molecule has 0 atom stereocenters. The van der Waals surface area contributed by atoms with Gasteiger partial charge in [0.15, 0.2) is 0 Å². The second-order valence-electron chi connectivity index (χ2n) is 8.31. The van der Waals surface area contributed by atoms with E-state index in [0.29, 0.717) is 5.54 Å². The Hall–Kier alpha value is -1.65. The highest BCUT2D eigenvalue weighted by Crippen LogP contribution is 2.40. The Morgan fingerprint density at radius 1 is 0.792 bits per heavy atom. The van der Waals surface area contributed by atoms with Crippen LogP contribution in [0.4, 0.5) is 0 Å². The Morgan fingerprint density at radius 3 is 2.21 bits per heavy atom. The Morgan fingerprint density at radius 2 is 1.46 bits per heavy atom. The summed E-state index contributed by atoms with van der Waals surface area (Å²) in [6.45, 7) is 10.5. The van der Waals surface area contributed by atoms with Gasteiger partial charge in [0.05, 0.1) is 15.2 Å². The first-order valence-corrected chi connectivity index (χ1v) is 16.1. The van der Waals surface area contributed by atoms with Crippen molar-refractivity contribution in [2.75, 3.05) is 0 Å². The number of fused-ring (bicyclic) bond motifs is 3. The van der Waals surface area contributed by atoms with E-state index in [1.54, 1.807) is 10.8 Å². The van der Waals surface area contributed by atoms with Crippen LogP contribution in [0.1, 0.15) is 11.1 Å². The van der Waals surface area contributed by atoms with E-state index < -0.39 is 15.2 Å². The van der Waals surface area contributed by atoms with Gasteiger partial charge < -0.3 is 0 Å². The highest BCUT2D eigenvalue weighted by molar-refractivity contribution is 7.46. The summed E-state index contributed by atoms with van der Waals surface area (Å²) >= 11 is 0. The number of hydrogen-bond donors (Lipinski definition) is 0. The van der Waals surface area contributed by atoms with Gasteiger partial charge >= 0.3 is 0 Å². The molecule has 0 bridgehead atoms. The maximum Gasteiger partial charge on any atom is 0.0752 e. The average Bonchev–Trinajstić information content (AvgIpc) is 3.22. The first-order chi connectivity index (χ1) is 11.4. The zero-order valence-corrected chi connectivity index (χ0v) is 17.1. The van der Waals surface area contributed by atoms with Crippen LogP contribution in [0.2, 0.25) is 31.7 Å². The summed E-state index contributed by atoms with van der Waals surface area (Å²) in [4.78, 5) is 0. The molecule has 4 rings (SSSR count). The zero-order chi connectivity index (χ0) is 16.9. The smallest absolute Gasteiger partial charge is 0.0752 e. The van der Waals surface area contributed by atoms with Crippen molar-refractivity contribution < 1.29 is 0 Å². The molecule has 0 N–H and O–H groups in total. The third kappa shape index (κ3) is 2.16. The fourth-order valence-electron chi connectivity index (χ4n) is 4.42. The van der Waals surface area contributed by atoms with Crippen LogP contribution >= 0.6 is 0 Å². The van der Waals surface area contributed by atoms with Gasteiger partial charge in [0.1, 0.15) is 0 Å². The average molecular weight is 347 g/mol. The molecule has 2 aromatic rings. The van der Waals surface area contributed by atoms with Gasteiger partial charge in [-0.1, -0.05) is 98.1 Å². The molecule has 0 aromatic heterocycles. The molecular formula is C22H26Si2. The van der Waals surface area contributed by atoms with Gasteiger partial charge in [-0.25, -0.2) is 0 Å². The molecule has 122 valence electrons. The molecule has 2 aliphatic carbocycles. The summed E-state index contributed by atoms with van der Waals surface area (Å²) < 4.78 is 0. The van der Waals surface area contributed by atoms with E-state index in [1.165, 1.54) is 16.7 Å². The van der Waals surface area contributed by atoms with Crippen molar-refractivity contribution in [3.8, 4) is 11.1 Å². The van der Waals surface area contributed by atoms with Crippen molar-refractivity contribution in [1.29, 1.82) is 0 Å². The highest BCUT2D eigenvalue weighted by Gasteiger charge is 2.47. The molecule has 0 spiro atoms. The van der Waals surface area contributed by atoms with E-state index in [4.69, 9.17) is 0 Å². The number of rotatable bonds is 3. The third-order valence-electron chi connectivity index (χ3n) is 6.72. The van der Waals surface area contributed by atoms with E-state index in [9.17, 15) is 0 Å². The van der Waals surface area contributed by atoms with Crippen LogP contribution in [0.25, 0.3) is 11.1 Å². The summed E-state index contributed by atoms with van der Waals surface area (Å²) in [6.07, 6.45) is 10.5. The molecule has 0 fully saturated rings. The highest BCUT2D eigenvalue weighted by atomic mass is 29.3. The second-order valence-corrected chi connectivity index (χ2v) is 23.8. The lowest BCUT2D eigenvalue weighted by atomic mass is 10.1. The molecule has 2 aromatic carbocycles. The molecule has 2 heteroatoms. The van der Waals surface area contributed by atoms with Crippen molar-refractivity contribution in [2.45, 2.75) is 38.2 Å². The van der Waals surface area contributed by atoms with Crippen molar-refractivity contribution in [2.24, 2.45) is 0 Å². The molecule has 24 heavy (non-hydrogen) atoms. The minimum Gasteiger partial charge on any atom is -0.0806 e. The topological polar surface area (TPSA) is 0 Å². The summed E-state index contributed by atoms with van der Waals surface area (Å²) in [5.41, 5.74) is 6.77. The Kier molecular flexibility index (Phi) is 3.59. The lowest BCUT2D eigenvalue weighted by Crippen LogP contribution is -2.65. The van der Waals surface area contributed by atoms with Gasteiger partial charge in [-0.05, 0) is 34.2 Å². The first kappa shape index (κ1) is 15.9. The minimum atomic E-state index is -1.53. The van der Waals surface area contributed by atoms with E-state index >= 15 is 0 Å². The van der Waals surface area contributed by atoms with E-state index in [-0.39, 0.29) is 0 Å². The van der Waals surface area contributed by atoms with Crippen molar-refractivity contribution in [1.82, 2.24) is 0 Å². The molecule has 0 radical (unpaired) electrons. The van der Waals surface area contributed by atoms with E-state index in [0.717, 1.165) is 6.42 Å². The van der Waals surface area contributed by atoms with Crippen molar-refractivity contribution >= 4 is 20.4 Å². The van der Waals surface area contributed by atoms with Crippen LogP contribution in [0, 0.1) is 0 Å². The maximum absolute atomic E-state index is 2.62. The summed E-state index contributed by atoms with van der Waals surface area (Å²) in [6, 6.07) is 16.0. The summed E-state index contributed by atoms with van der Waals surface area (Å²) in [5, 5.41) is 1.71. The molecule has 0 saturated carbocycles. The van der Waals surface area contributed by atoms with Crippen LogP contribution in [0.15, 0.2) is 66.8 Å². The molecule has 2 aliphatic rings. The van der Waals surface area contributed by atoms with E-state index in [1.807, 2.05) is 0 Å². The van der Waals surface area contributed by atoms with Crippen LogP contribution in [-0.4, -0.2) is 15.2 Å². The largest absolute Gasteiger partial charge is 0.0806 e. The predicted octanol–water partition coefficient (Wildman–Crippen LogP) is 5.46. The molecule has 0 heterocycles. The number of hydrogen-bond acceptors (Lipinski definition) is 0.